The van der Waals surface area contributed by atoms with E-state index in [0.717, 1.165) is 69.8 Å². The number of alkyl halides is 3. The van der Waals surface area contributed by atoms with E-state index < -0.39 is 11.7 Å². The topological polar surface area (TPSA) is 51.1 Å². The molecule has 0 spiro atoms. The van der Waals surface area contributed by atoms with Gasteiger partial charge in [0.1, 0.15) is 6.29 Å². The maximum absolute atomic E-state index is 13.5. The molecule has 2 fully saturated rings. The van der Waals surface area contributed by atoms with Gasteiger partial charge in [0, 0.05) is 34.8 Å². The monoisotopic (exact) mass is 508 g/mol. The van der Waals surface area contributed by atoms with Gasteiger partial charge in [-0.05, 0) is 62.8 Å². The maximum Gasteiger partial charge on any atom is 0.416 e. The van der Waals surface area contributed by atoms with Crippen LogP contribution < -0.4 is 5.32 Å². The molecule has 0 bridgehead atoms. The molecule has 2 aromatic rings. The fraction of sp³-hybridized carbons (Fsp3) is 0.556. The second-order valence-corrected chi connectivity index (χ2v) is 10.4. The number of hydrogen-bond acceptors (Lipinski definition) is 2. The van der Waals surface area contributed by atoms with Crippen molar-refractivity contribution in [2.75, 3.05) is 0 Å². The third kappa shape index (κ3) is 5.76. The summed E-state index contributed by atoms with van der Waals surface area (Å²) in [6, 6.07) is 4.75. The van der Waals surface area contributed by atoms with E-state index >= 15 is 0 Å². The number of nitrogens with one attached hydrogen (secondary N) is 1. The van der Waals surface area contributed by atoms with Crippen molar-refractivity contribution in [3.63, 3.8) is 0 Å². The van der Waals surface area contributed by atoms with Gasteiger partial charge < -0.3 is 14.7 Å². The van der Waals surface area contributed by atoms with E-state index in [4.69, 9.17) is 11.6 Å². The standard InChI is InChI=1S/C27H32ClF3N2O2/c1-17-21(26(35)32-24-10-6-5-9-19(24)16-34)14-25(33(17)15-18-7-3-2-4-8-18)22-13-20(27(29,30)31)11-12-23(22)28/h11-14,16,18-19,24H,2-10,15H2,1H3,(H,32,35)/t19?,24-/m0/s1. The van der Waals surface area contributed by atoms with Gasteiger partial charge in [-0.15, -0.1) is 0 Å². The van der Waals surface area contributed by atoms with E-state index in [9.17, 15) is 22.8 Å². The molecule has 4 nitrogen and oxygen atoms in total. The molecule has 2 aliphatic rings. The molecular formula is C27H32ClF3N2O2. The van der Waals surface area contributed by atoms with Crippen molar-refractivity contribution in [1.29, 1.82) is 0 Å². The Morgan fingerprint density at radius 2 is 1.77 bits per heavy atom. The molecule has 4 rings (SSSR count). The van der Waals surface area contributed by atoms with Gasteiger partial charge in [0.15, 0.2) is 0 Å². The Bertz CT molecular complexity index is 1070. The molecule has 1 N–H and O–H groups in total. The van der Waals surface area contributed by atoms with Gasteiger partial charge in [-0.1, -0.05) is 43.7 Å². The Morgan fingerprint density at radius 3 is 2.46 bits per heavy atom. The summed E-state index contributed by atoms with van der Waals surface area (Å²) in [5, 5.41) is 3.24. The molecule has 8 heteroatoms. The summed E-state index contributed by atoms with van der Waals surface area (Å²) in [4.78, 5) is 24.9. The SMILES string of the molecule is Cc1c(C(=O)N[C@H]2CCCCC2C=O)cc(-c2cc(C(F)(F)F)ccc2Cl)n1CC1CCCCC1. The minimum absolute atomic E-state index is 0.209. The molecule has 35 heavy (non-hydrogen) atoms. The summed E-state index contributed by atoms with van der Waals surface area (Å²) < 4.78 is 42.4. The molecule has 2 saturated carbocycles. The van der Waals surface area contributed by atoms with Crippen molar-refractivity contribution in [2.45, 2.75) is 83.5 Å². The van der Waals surface area contributed by atoms with E-state index in [0.29, 0.717) is 29.4 Å². The van der Waals surface area contributed by atoms with Crippen molar-refractivity contribution in [2.24, 2.45) is 11.8 Å². The van der Waals surface area contributed by atoms with Gasteiger partial charge in [0.25, 0.3) is 5.91 Å². The van der Waals surface area contributed by atoms with Crippen LogP contribution in [0, 0.1) is 18.8 Å². The van der Waals surface area contributed by atoms with E-state index in [1.54, 1.807) is 6.07 Å². The molecule has 1 aromatic heterocycles. The van der Waals surface area contributed by atoms with Gasteiger partial charge in [-0.3, -0.25) is 4.79 Å². The highest BCUT2D eigenvalue weighted by Gasteiger charge is 2.32. The predicted molar refractivity (Wildman–Crippen MR) is 130 cm³/mol. The number of benzene rings is 1. The molecule has 1 aromatic carbocycles. The fourth-order valence-corrected chi connectivity index (χ4v) is 5.82. The van der Waals surface area contributed by atoms with Gasteiger partial charge in [0.05, 0.1) is 16.8 Å². The first-order valence-corrected chi connectivity index (χ1v) is 12.9. The Balaban J connectivity index is 1.73. The summed E-state index contributed by atoms with van der Waals surface area (Å²) in [5.74, 6) is -0.116. The number of aromatic nitrogens is 1. The molecule has 1 unspecified atom stereocenters. The first kappa shape index (κ1) is 25.8. The van der Waals surface area contributed by atoms with E-state index in [2.05, 4.69) is 5.32 Å². The number of rotatable bonds is 6. The third-order valence-electron chi connectivity index (χ3n) is 7.66. The predicted octanol–water partition coefficient (Wildman–Crippen LogP) is 7.20. The molecule has 0 radical (unpaired) electrons. The minimum Gasteiger partial charge on any atom is -0.349 e. The number of aldehydes is 1. The van der Waals surface area contributed by atoms with Crippen LogP contribution in [0.2, 0.25) is 5.02 Å². The van der Waals surface area contributed by atoms with Crippen molar-refractivity contribution < 1.29 is 22.8 Å². The Labute approximate surface area is 209 Å². The highest BCUT2D eigenvalue weighted by Crippen LogP contribution is 2.38. The molecule has 2 aliphatic carbocycles. The molecule has 0 saturated heterocycles. The van der Waals surface area contributed by atoms with Crippen LogP contribution in [0.3, 0.4) is 0 Å². The second-order valence-electron chi connectivity index (χ2n) is 10.0. The van der Waals surface area contributed by atoms with Crippen molar-refractivity contribution in [3.05, 3.63) is 46.1 Å². The lowest BCUT2D eigenvalue weighted by atomic mass is 9.85. The van der Waals surface area contributed by atoms with Gasteiger partial charge in [-0.25, -0.2) is 0 Å². The van der Waals surface area contributed by atoms with E-state index in [-0.39, 0.29) is 28.5 Å². The summed E-state index contributed by atoms with van der Waals surface area (Å²) >= 11 is 6.41. The zero-order valence-corrected chi connectivity index (χ0v) is 20.7. The Hall–Kier alpha value is -2.28. The summed E-state index contributed by atoms with van der Waals surface area (Å²) in [6.45, 7) is 2.46. The van der Waals surface area contributed by atoms with Crippen LogP contribution in [0.1, 0.15) is 79.4 Å². The molecule has 0 aliphatic heterocycles. The number of halogens is 4. The summed E-state index contributed by atoms with van der Waals surface area (Å²) in [6.07, 6.45) is 5.38. The van der Waals surface area contributed by atoms with Gasteiger partial charge in [-0.2, -0.15) is 13.2 Å². The fourth-order valence-electron chi connectivity index (χ4n) is 5.61. The van der Waals surface area contributed by atoms with Crippen molar-refractivity contribution in [3.8, 4) is 11.3 Å². The van der Waals surface area contributed by atoms with Crippen LogP contribution >= 0.6 is 11.6 Å². The second kappa shape index (κ2) is 10.8. The zero-order valence-electron chi connectivity index (χ0n) is 20.0. The minimum atomic E-state index is -4.50. The Kier molecular flexibility index (Phi) is 7.94. The smallest absolute Gasteiger partial charge is 0.349 e. The van der Waals surface area contributed by atoms with Crippen LogP contribution in [0.5, 0.6) is 0 Å². The largest absolute Gasteiger partial charge is 0.416 e. The third-order valence-corrected chi connectivity index (χ3v) is 7.99. The molecule has 2 atom stereocenters. The number of carbonyl (C=O) groups is 2. The highest BCUT2D eigenvalue weighted by molar-refractivity contribution is 6.33. The first-order valence-electron chi connectivity index (χ1n) is 12.5. The summed E-state index contributed by atoms with van der Waals surface area (Å²) in [5.41, 5.74) is 1.13. The van der Waals surface area contributed by atoms with Crippen molar-refractivity contribution >= 4 is 23.8 Å². The van der Waals surface area contributed by atoms with Crippen LogP contribution in [0.4, 0.5) is 13.2 Å². The average Bonchev–Trinajstić information content (AvgIpc) is 3.15. The van der Waals surface area contributed by atoms with Crippen molar-refractivity contribution in [1.82, 2.24) is 9.88 Å². The number of amides is 1. The number of carbonyl (C=O) groups excluding carboxylic acids is 2. The van der Waals surface area contributed by atoms with Crippen LogP contribution in [0.15, 0.2) is 24.3 Å². The van der Waals surface area contributed by atoms with E-state index in [1.165, 1.54) is 12.5 Å². The number of hydrogen-bond donors (Lipinski definition) is 1. The van der Waals surface area contributed by atoms with Gasteiger partial charge >= 0.3 is 6.18 Å². The molecular weight excluding hydrogens is 477 g/mol. The normalized spacial score (nSPS) is 21.6. The molecule has 1 amide bonds. The lowest BCUT2D eigenvalue weighted by Crippen LogP contribution is -2.42. The quantitative estimate of drug-likeness (QED) is 0.419. The lowest BCUT2D eigenvalue weighted by Gasteiger charge is -2.28. The molecule has 190 valence electrons. The number of nitrogens with zero attached hydrogens (tertiary/aromatic N) is 1. The lowest BCUT2D eigenvalue weighted by molar-refractivity contribution is -0.137. The van der Waals surface area contributed by atoms with Crippen LogP contribution in [-0.4, -0.2) is 22.8 Å². The average molecular weight is 509 g/mol. The van der Waals surface area contributed by atoms with Gasteiger partial charge in [0.2, 0.25) is 0 Å². The maximum atomic E-state index is 13.5. The summed E-state index contributed by atoms with van der Waals surface area (Å²) in [7, 11) is 0. The zero-order chi connectivity index (χ0) is 25.2. The van der Waals surface area contributed by atoms with Crippen LogP contribution in [0.25, 0.3) is 11.3 Å². The molecule has 1 heterocycles. The Morgan fingerprint density at radius 1 is 1.09 bits per heavy atom. The van der Waals surface area contributed by atoms with E-state index in [1.807, 2.05) is 11.5 Å². The highest BCUT2D eigenvalue weighted by atomic mass is 35.5. The first-order chi connectivity index (χ1) is 16.7. The van der Waals surface area contributed by atoms with Crippen LogP contribution in [-0.2, 0) is 17.5 Å².